The second kappa shape index (κ2) is 5.86. The number of amides is 1. The highest BCUT2D eigenvalue weighted by molar-refractivity contribution is 9.10. The maximum atomic E-state index is 11.5. The van der Waals surface area contributed by atoms with Gasteiger partial charge in [0, 0.05) is 24.9 Å². The lowest BCUT2D eigenvalue weighted by Gasteiger charge is -2.15. The molecule has 0 fully saturated rings. The highest BCUT2D eigenvalue weighted by Gasteiger charge is 2.19. The molecule has 1 heterocycles. The van der Waals surface area contributed by atoms with Crippen molar-refractivity contribution in [2.75, 3.05) is 5.32 Å². The third-order valence-electron chi connectivity index (χ3n) is 2.29. The zero-order valence-electron chi connectivity index (χ0n) is 9.19. The second-order valence-corrected chi connectivity index (χ2v) is 6.43. The topological polar surface area (TPSA) is 55.1 Å². The van der Waals surface area contributed by atoms with Crippen LogP contribution in [0.5, 0.6) is 0 Å². The van der Waals surface area contributed by atoms with Gasteiger partial charge < -0.3 is 11.1 Å². The van der Waals surface area contributed by atoms with Gasteiger partial charge in [-0.1, -0.05) is 22.0 Å². The Morgan fingerprint density at radius 3 is 2.61 bits per heavy atom. The molecule has 2 rings (SSSR count). The monoisotopic (exact) mass is 388 g/mol. The van der Waals surface area contributed by atoms with E-state index >= 15 is 0 Å². The Morgan fingerprint density at radius 2 is 2.06 bits per heavy atom. The zero-order valence-corrected chi connectivity index (χ0v) is 13.2. The van der Waals surface area contributed by atoms with Gasteiger partial charge in [-0.15, -0.1) is 11.3 Å². The molecule has 2 aromatic rings. The average molecular weight is 390 g/mol. The molecule has 1 unspecified atom stereocenters. The molecule has 0 radical (unpaired) electrons. The van der Waals surface area contributed by atoms with E-state index in [9.17, 15) is 4.79 Å². The quantitative estimate of drug-likeness (QED) is 0.832. The predicted octanol–water partition coefficient (Wildman–Crippen LogP) is 3.91. The number of carbonyl (C=O) groups is 1. The number of hydrogen-bond donors (Lipinski definition) is 2. The number of anilines is 1. The van der Waals surface area contributed by atoms with E-state index < -0.39 is 11.9 Å². The molecule has 0 saturated heterocycles. The van der Waals surface area contributed by atoms with Crippen molar-refractivity contribution in [3.63, 3.8) is 0 Å². The van der Waals surface area contributed by atoms with Crippen LogP contribution in [0.15, 0.2) is 44.7 Å². The molecule has 1 aromatic heterocycles. The molecule has 0 saturated carbocycles. The fourth-order valence-corrected chi connectivity index (χ4v) is 3.41. The van der Waals surface area contributed by atoms with Gasteiger partial charge in [0.15, 0.2) is 0 Å². The Bertz CT molecular complexity index is 571. The van der Waals surface area contributed by atoms with Crippen molar-refractivity contribution in [3.05, 3.63) is 49.5 Å². The summed E-state index contributed by atoms with van der Waals surface area (Å²) in [6.07, 6.45) is 0. The summed E-state index contributed by atoms with van der Waals surface area (Å²) in [5.74, 6) is -0.399. The van der Waals surface area contributed by atoms with Crippen LogP contribution >= 0.6 is 43.2 Å². The first-order chi connectivity index (χ1) is 8.56. The minimum Gasteiger partial charge on any atom is -0.369 e. The molecule has 94 valence electrons. The van der Waals surface area contributed by atoms with Crippen LogP contribution in [-0.2, 0) is 4.79 Å². The number of nitrogens with two attached hydrogens (primary N) is 1. The molecule has 1 aromatic carbocycles. The summed E-state index contributed by atoms with van der Waals surface area (Å²) in [4.78, 5) is 12.4. The summed E-state index contributed by atoms with van der Waals surface area (Å²) >= 11 is 8.25. The van der Waals surface area contributed by atoms with Crippen LogP contribution in [0.4, 0.5) is 5.69 Å². The van der Waals surface area contributed by atoms with Crippen molar-refractivity contribution in [2.45, 2.75) is 6.04 Å². The number of benzene rings is 1. The van der Waals surface area contributed by atoms with E-state index in [2.05, 4.69) is 37.2 Å². The van der Waals surface area contributed by atoms with Gasteiger partial charge in [0.05, 0.1) is 0 Å². The molecular formula is C12H10Br2N2OS. The van der Waals surface area contributed by atoms with Crippen LogP contribution in [0.25, 0.3) is 0 Å². The van der Waals surface area contributed by atoms with Crippen molar-refractivity contribution >= 4 is 54.8 Å². The van der Waals surface area contributed by atoms with Crippen molar-refractivity contribution in [3.8, 4) is 0 Å². The van der Waals surface area contributed by atoms with Crippen molar-refractivity contribution in [1.82, 2.24) is 0 Å². The Labute approximate surface area is 126 Å². The first kappa shape index (κ1) is 13.6. The third-order valence-corrected chi connectivity index (χ3v) is 4.54. The molecule has 0 aliphatic heterocycles. The first-order valence-electron chi connectivity index (χ1n) is 5.11. The van der Waals surface area contributed by atoms with Gasteiger partial charge in [-0.05, 0) is 40.2 Å². The summed E-state index contributed by atoms with van der Waals surface area (Å²) < 4.78 is 1.90. The van der Waals surface area contributed by atoms with Gasteiger partial charge in [-0.2, -0.15) is 0 Å². The molecular weight excluding hydrogens is 380 g/mol. The van der Waals surface area contributed by atoms with Gasteiger partial charge in [0.25, 0.3) is 0 Å². The molecule has 0 aliphatic rings. The lowest BCUT2D eigenvalue weighted by molar-refractivity contribution is -0.118. The number of rotatable bonds is 4. The lowest BCUT2D eigenvalue weighted by atomic mass is 10.2. The number of thiophene rings is 1. The summed E-state index contributed by atoms with van der Waals surface area (Å²) in [7, 11) is 0. The lowest BCUT2D eigenvalue weighted by Crippen LogP contribution is -2.26. The smallest absolute Gasteiger partial charge is 0.245 e. The Morgan fingerprint density at radius 1 is 1.28 bits per heavy atom. The number of hydrogen-bond acceptors (Lipinski definition) is 3. The minimum atomic E-state index is -0.518. The molecule has 3 nitrogen and oxygen atoms in total. The molecule has 1 amide bonds. The van der Waals surface area contributed by atoms with Crippen LogP contribution in [0, 0.1) is 0 Å². The Balaban J connectivity index is 2.24. The summed E-state index contributed by atoms with van der Waals surface area (Å²) in [5, 5.41) is 5.06. The molecule has 3 N–H and O–H groups in total. The third kappa shape index (κ3) is 3.34. The van der Waals surface area contributed by atoms with Crippen molar-refractivity contribution in [1.29, 1.82) is 0 Å². The van der Waals surface area contributed by atoms with Crippen LogP contribution in [-0.4, -0.2) is 5.91 Å². The second-order valence-electron chi connectivity index (χ2n) is 3.66. The van der Waals surface area contributed by atoms with Crippen LogP contribution in [0.2, 0.25) is 0 Å². The number of halogens is 2. The summed E-state index contributed by atoms with van der Waals surface area (Å²) in [6.45, 7) is 0. The van der Waals surface area contributed by atoms with Crippen LogP contribution in [0.1, 0.15) is 10.9 Å². The van der Waals surface area contributed by atoms with Crippen LogP contribution < -0.4 is 11.1 Å². The maximum Gasteiger partial charge on any atom is 0.245 e. The SMILES string of the molecule is NC(=O)C(Nc1cccc(Br)c1)c1cc(Br)cs1. The summed E-state index contributed by atoms with van der Waals surface area (Å²) in [5.41, 5.74) is 6.29. The highest BCUT2D eigenvalue weighted by Crippen LogP contribution is 2.28. The van der Waals surface area contributed by atoms with Gasteiger partial charge in [-0.3, -0.25) is 4.79 Å². The van der Waals surface area contributed by atoms with E-state index in [1.54, 1.807) is 0 Å². The largest absolute Gasteiger partial charge is 0.369 e. The van der Waals surface area contributed by atoms with Gasteiger partial charge in [-0.25, -0.2) is 0 Å². The van der Waals surface area contributed by atoms with E-state index in [0.29, 0.717) is 0 Å². The molecule has 0 aliphatic carbocycles. The fourth-order valence-electron chi connectivity index (χ4n) is 1.51. The average Bonchev–Trinajstić information content (AvgIpc) is 2.72. The van der Waals surface area contributed by atoms with E-state index in [4.69, 9.17) is 5.73 Å². The first-order valence-corrected chi connectivity index (χ1v) is 7.58. The zero-order chi connectivity index (χ0) is 13.1. The molecule has 6 heteroatoms. The molecule has 1 atom stereocenters. The number of carbonyl (C=O) groups excluding carboxylic acids is 1. The Kier molecular flexibility index (Phi) is 4.42. The maximum absolute atomic E-state index is 11.5. The minimum absolute atomic E-state index is 0.399. The summed E-state index contributed by atoms with van der Waals surface area (Å²) in [6, 6.07) is 8.99. The van der Waals surface area contributed by atoms with E-state index in [0.717, 1.165) is 19.5 Å². The Hall–Kier alpha value is -0.850. The molecule has 0 bridgehead atoms. The van der Waals surface area contributed by atoms with Crippen molar-refractivity contribution < 1.29 is 4.79 Å². The van der Waals surface area contributed by atoms with E-state index in [-0.39, 0.29) is 0 Å². The van der Waals surface area contributed by atoms with E-state index in [1.807, 2.05) is 35.7 Å². The van der Waals surface area contributed by atoms with Gasteiger partial charge in [0.1, 0.15) is 6.04 Å². The van der Waals surface area contributed by atoms with Crippen molar-refractivity contribution in [2.24, 2.45) is 5.73 Å². The number of nitrogens with one attached hydrogen (secondary N) is 1. The standard InChI is InChI=1S/C12H10Br2N2OS/c13-7-2-1-3-9(4-7)16-11(12(15)17)10-5-8(14)6-18-10/h1-6,11,16H,(H2,15,17). The van der Waals surface area contributed by atoms with Crippen LogP contribution in [0.3, 0.4) is 0 Å². The molecule has 18 heavy (non-hydrogen) atoms. The molecule has 0 spiro atoms. The number of primary amides is 1. The normalized spacial score (nSPS) is 12.1. The predicted molar refractivity (Wildman–Crippen MR) is 81.7 cm³/mol. The van der Waals surface area contributed by atoms with Gasteiger partial charge in [0.2, 0.25) is 5.91 Å². The van der Waals surface area contributed by atoms with E-state index in [1.165, 1.54) is 11.3 Å². The highest BCUT2D eigenvalue weighted by atomic mass is 79.9. The van der Waals surface area contributed by atoms with Gasteiger partial charge >= 0.3 is 0 Å². The fraction of sp³-hybridized carbons (Fsp3) is 0.0833.